The average Bonchev–Trinajstić information content (AvgIpc) is 3.05. The average molecular weight is 394 g/mol. The molecule has 2 aliphatic rings. The number of nitrogens with zero attached hydrogens (tertiary/aromatic N) is 1. The molecule has 1 aliphatic heterocycles. The summed E-state index contributed by atoms with van der Waals surface area (Å²) in [4.78, 5) is 4.27. The third kappa shape index (κ3) is 3.54. The standard InChI is InChI=1S/C18H15F.C10H9N/c19-18-7-3-6-14-16-9-8-12-4-1-2-5-13(12)15(16)10-11-17(14)18;1-2-7-10-9(5-1)6-3-4-8-11-10/h1-2,4-5,8-11,18H,3,6-7H2;1-5,7-8H,6H2. The van der Waals surface area contributed by atoms with E-state index in [9.17, 15) is 4.39 Å². The third-order valence-electron chi connectivity index (χ3n) is 6.06. The van der Waals surface area contributed by atoms with Crippen LogP contribution in [0.25, 0.3) is 21.5 Å². The topological polar surface area (TPSA) is 12.4 Å². The monoisotopic (exact) mass is 393 g/mol. The van der Waals surface area contributed by atoms with Crippen LogP contribution in [0.3, 0.4) is 0 Å². The second-order valence-electron chi connectivity index (χ2n) is 7.91. The van der Waals surface area contributed by atoms with Crippen LogP contribution >= 0.6 is 0 Å². The Hall–Kier alpha value is -3.26. The lowest BCUT2D eigenvalue weighted by Gasteiger charge is -2.21. The Kier molecular flexibility index (Phi) is 5.15. The van der Waals surface area contributed by atoms with E-state index in [1.807, 2.05) is 36.6 Å². The summed E-state index contributed by atoms with van der Waals surface area (Å²) in [6, 6.07) is 25.0. The lowest BCUT2D eigenvalue weighted by atomic mass is 9.85. The van der Waals surface area contributed by atoms with Crippen LogP contribution in [0.15, 0.2) is 89.9 Å². The van der Waals surface area contributed by atoms with Gasteiger partial charge in [-0.3, -0.25) is 4.99 Å². The van der Waals surface area contributed by atoms with Crippen molar-refractivity contribution < 1.29 is 4.39 Å². The van der Waals surface area contributed by atoms with Crippen molar-refractivity contribution in [1.82, 2.24) is 0 Å². The first-order valence-corrected chi connectivity index (χ1v) is 10.7. The first kappa shape index (κ1) is 18.7. The molecule has 148 valence electrons. The molecule has 0 bridgehead atoms. The first-order valence-electron chi connectivity index (χ1n) is 10.7. The minimum Gasteiger partial charge on any atom is -0.257 e. The molecule has 0 amide bonds. The smallest absolute Gasteiger partial charge is 0.125 e. The zero-order chi connectivity index (χ0) is 20.3. The van der Waals surface area contributed by atoms with E-state index in [0.717, 1.165) is 30.5 Å². The third-order valence-corrected chi connectivity index (χ3v) is 6.06. The van der Waals surface area contributed by atoms with E-state index in [0.29, 0.717) is 6.42 Å². The maximum absolute atomic E-state index is 14.0. The number of rotatable bonds is 0. The van der Waals surface area contributed by atoms with Crippen molar-refractivity contribution in [2.45, 2.75) is 31.9 Å². The largest absolute Gasteiger partial charge is 0.257 e. The van der Waals surface area contributed by atoms with Gasteiger partial charge in [0.25, 0.3) is 0 Å². The molecule has 1 atom stereocenters. The van der Waals surface area contributed by atoms with Gasteiger partial charge in [-0.25, -0.2) is 4.39 Å². The van der Waals surface area contributed by atoms with Gasteiger partial charge in [-0.15, -0.1) is 0 Å². The first-order chi connectivity index (χ1) is 14.8. The molecule has 0 fully saturated rings. The van der Waals surface area contributed by atoms with Crippen LogP contribution in [0.1, 0.15) is 35.7 Å². The molecule has 30 heavy (non-hydrogen) atoms. The van der Waals surface area contributed by atoms with Crippen molar-refractivity contribution in [2.24, 2.45) is 4.99 Å². The number of aryl methyl sites for hydroxylation is 1. The Labute approximate surface area is 176 Å². The molecule has 4 aromatic carbocycles. The molecule has 0 saturated heterocycles. The van der Waals surface area contributed by atoms with Crippen LogP contribution in [-0.2, 0) is 12.8 Å². The normalized spacial score (nSPS) is 17.0. The quantitative estimate of drug-likeness (QED) is 0.270. The predicted octanol–water partition coefficient (Wildman–Crippen LogP) is 7.84. The highest BCUT2D eigenvalue weighted by molar-refractivity contribution is 6.08. The van der Waals surface area contributed by atoms with Gasteiger partial charge in [0, 0.05) is 6.21 Å². The van der Waals surface area contributed by atoms with Crippen molar-refractivity contribution in [3.8, 4) is 0 Å². The van der Waals surface area contributed by atoms with E-state index in [4.69, 9.17) is 0 Å². The Balaban J connectivity index is 0.000000149. The second-order valence-corrected chi connectivity index (χ2v) is 7.91. The number of halogens is 1. The summed E-state index contributed by atoms with van der Waals surface area (Å²) >= 11 is 0. The summed E-state index contributed by atoms with van der Waals surface area (Å²) in [6.45, 7) is 0. The van der Waals surface area contributed by atoms with Gasteiger partial charge in [-0.1, -0.05) is 72.8 Å². The maximum atomic E-state index is 14.0. The van der Waals surface area contributed by atoms with Gasteiger partial charge < -0.3 is 0 Å². The minimum absolute atomic E-state index is 0.673. The van der Waals surface area contributed by atoms with Crippen molar-refractivity contribution in [3.63, 3.8) is 0 Å². The minimum atomic E-state index is -0.778. The highest BCUT2D eigenvalue weighted by atomic mass is 19.1. The molecule has 1 nitrogen and oxygen atoms in total. The van der Waals surface area contributed by atoms with E-state index in [2.05, 4.69) is 59.6 Å². The summed E-state index contributed by atoms with van der Waals surface area (Å²) in [7, 11) is 0. The molecule has 6 rings (SSSR count). The zero-order valence-electron chi connectivity index (χ0n) is 16.9. The molecular weight excluding hydrogens is 369 g/mol. The van der Waals surface area contributed by atoms with Gasteiger partial charge in [-0.05, 0) is 76.1 Å². The second kappa shape index (κ2) is 8.23. The Morgan fingerprint density at radius 1 is 0.800 bits per heavy atom. The van der Waals surface area contributed by atoms with Gasteiger partial charge in [0.05, 0.1) is 5.69 Å². The summed E-state index contributed by atoms with van der Waals surface area (Å²) < 4.78 is 14.0. The van der Waals surface area contributed by atoms with Gasteiger partial charge in [0.2, 0.25) is 0 Å². The maximum Gasteiger partial charge on any atom is 0.125 e. The number of benzene rings is 4. The number of hydrogen-bond acceptors (Lipinski definition) is 1. The molecule has 1 aliphatic carbocycles. The molecule has 0 N–H and O–H groups in total. The van der Waals surface area contributed by atoms with Gasteiger partial charge in [-0.2, -0.15) is 0 Å². The lowest BCUT2D eigenvalue weighted by Crippen LogP contribution is -2.06. The predicted molar refractivity (Wildman–Crippen MR) is 126 cm³/mol. The highest BCUT2D eigenvalue weighted by Crippen LogP contribution is 2.38. The summed E-state index contributed by atoms with van der Waals surface area (Å²) in [6.07, 6.45) is 8.80. The molecule has 4 aromatic rings. The van der Waals surface area contributed by atoms with Gasteiger partial charge in [0.15, 0.2) is 0 Å². The molecule has 0 radical (unpaired) electrons. The summed E-state index contributed by atoms with van der Waals surface area (Å²) in [5.41, 5.74) is 4.53. The van der Waals surface area contributed by atoms with Crippen molar-refractivity contribution in [2.75, 3.05) is 0 Å². The van der Waals surface area contributed by atoms with Crippen LogP contribution in [0.2, 0.25) is 0 Å². The Morgan fingerprint density at radius 3 is 2.60 bits per heavy atom. The van der Waals surface area contributed by atoms with E-state index in [1.54, 1.807) is 0 Å². The van der Waals surface area contributed by atoms with Crippen LogP contribution in [0, 0.1) is 0 Å². The molecule has 1 unspecified atom stereocenters. The summed E-state index contributed by atoms with van der Waals surface area (Å²) in [5, 5.41) is 5.01. The fraction of sp³-hybridized carbons (Fsp3) is 0.179. The van der Waals surface area contributed by atoms with Crippen molar-refractivity contribution >= 4 is 33.4 Å². The SMILES string of the molecule is C1=CCc2ccccc2N=C1.FC1CCCc2c1ccc1c2ccc2ccccc21. The molecule has 1 heterocycles. The van der Waals surface area contributed by atoms with Crippen molar-refractivity contribution in [3.05, 3.63) is 102 Å². The Morgan fingerprint density at radius 2 is 1.63 bits per heavy atom. The molecule has 0 saturated carbocycles. The van der Waals surface area contributed by atoms with Crippen LogP contribution < -0.4 is 0 Å². The van der Waals surface area contributed by atoms with Crippen LogP contribution in [-0.4, -0.2) is 6.21 Å². The van der Waals surface area contributed by atoms with Crippen LogP contribution in [0.5, 0.6) is 0 Å². The van der Waals surface area contributed by atoms with Gasteiger partial charge in [0.1, 0.15) is 6.17 Å². The molecule has 2 heteroatoms. The zero-order valence-corrected chi connectivity index (χ0v) is 16.9. The van der Waals surface area contributed by atoms with Crippen molar-refractivity contribution in [1.29, 1.82) is 0 Å². The molecular formula is C28H24FN. The lowest BCUT2D eigenvalue weighted by molar-refractivity contribution is 0.303. The Bertz CT molecular complexity index is 1270. The number of fused-ring (bicyclic) bond motifs is 6. The molecule has 0 spiro atoms. The molecule has 0 aromatic heterocycles. The van der Waals surface area contributed by atoms with E-state index in [-0.39, 0.29) is 0 Å². The van der Waals surface area contributed by atoms with E-state index >= 15 is 0 Å². The van der Waals surface area contributed by atoms with E-state index in [1.165, 1.54) is 32.7 Å². The highest BCUT2D eigenvalue weighted by Gasteiger charge is 2.21. The van der Waals surface area contributed by atoms with Gasteiger partial charge >= 0.3 is 0 Å². The van der Waals surface area contributed by atoms with E-state index < -0.39 is 6.17 Å². The van der Waals surface area contributed by atoms with Crippen LogP contribution in [0.4, 0.5) is 10.1 Å². The number of aliphatic imine (C=N–C) groups is 1. The number of alkyl halides is 1. The fourth-order valence-corrected chi connectivity index (χ4v) is 4.54. The number of allylic oxidation sites excluding steroid dienone is 2. The number of hydrogen-bond donors (Lipinski definition) is 0. The summed E-state index contributed by atoms with van der Waals surface area (Å²) in [5.74, 6) is 0. The number of para-hydroxylation sites is 1. The fourth-order valence-electron chi connectivity index (χ4n) is 4.54.